The van der Waals surface area contributed by atoms with Crippen molar-refractivity contribution in [2.24, 2.45) is 0 Å². The summed E-state index contributed by atoms with van der Waals surface area (Å²) in [7, 11) is 0. The molecule has 0 spiro atoms. The molecule has 23 heavy (non-hydrogen) atoms. The Kier molecular flexibility index (Phi) is 4.95. The molecule has 1 unspecified atom stereocenters. The summed E-state index contributed by atoms with van der Waals surface area (Å²) in [6.45, 7) is 1.33. The number of amides is 1. The minimum atomic E-state index is -1.17. The van der Waals surface area contributed by atoms with Crippen LogP contribution in [-0.2, 0) is 9.59 Å². The Balaban J connectivity index is 2.13. The normalized spacial score (nSPS) is 12.3. The van der Waals surface area contributed by atoms with E-state index in [0.717, 1.165) is 16.5 Å². The van der Waals surface area contributed by atoms with E-state index in [9.17, 15) is 9.59 Å². The highest BCUT2D eigenvalue weighted by Gasteiger charge is 2.16. The van der Waals surface area contributed by atoms with Gasteiger partial charge in [-0.1, -0.05) is 30.3 Å². The monoisotopic (exact) mass is 309 g/mol. The second-order valence-corrected chi connectivity index (χ2v) is 4.91. The zero-order valence-electron chi connectivity index (χ0n) is 12.4. The number of hydrogen-bond acceptors (Lipinski definition) is 4. The third kappa shape index (κ3) is 4.08. The molecule has 6 heteroatoms. The zero-order valence-corrected chi connectivity index (χ0v) is 12.4. The lowest BCUT2D eigenvalue weighted by molar-refractivity contribution is -0.140. The maximum atomic E-state index is 11.8. The molecule has 2 rings (SSSR count). The Bertz CT molecular complexity index is 821. The predicted molar refractivity (Wildman–Crippen MR) is 86.5 cm³/mol. The fourth-order valence-corrected chi connectivity index (χ4v) is 1.92. The molecule has 1 amide bonds. The number of carbonyl (C=O) groups excluding carboxylic acids is 1. The predicted octanol–water partition coefficient (Wildman–Crippen LogP) is 2.25. The Hall–Kier alpha value is -3.33. The molecule has 2 aromatic carbocycles. The Labute approximate surface area is 133 Å². The van der Waals surface area contributed by atoms with Crippen LogP contribution in [0.5, 0.6) is 0 Å². The summed E-state index contributed by atoms with van der Waals surface area (Å²) in [6, 6.07) is 14.1. The molecule has 0 aliphatic heterocycles. The molecule has 6 nitrogen and oxygen atoms in total. The van der Waals surface area contributed by atoms with Crippen LogP contribution in [0.4, 0.5) is 5.69 Å². The molecule has 0 saturated carbocycles. The van der Waals surface area contributed by atoms with Crippen LogP contribution in [0.25, 0.3) is 10.8 Å². The van der Waals surface area contributed by atoms with Gasteiger partial charge in [-0.15, -0.1) is 0 Å². The topological polar surface area (TPSA) is 102 Å². The van der Waals surface area contributed by atoms with E-state index in [1.165, 1.54) is 13.1 Å². The van der Waals surface area contributed by atoms with Crippen LogP contribution in [0, 0.1) is 11.3 Å². The number of carbonyl (C=O) groups is 2. The number of benzene rings is 2. The smallest absolute Gasteiger partial charge is 0.325 e. The average molecular weight is 309 g/mol. The van der Waals surface area contributed by atoms with Crippen molar-refractivity contribution in [2.75, 3.05) is 5.32 Å². The third-order valence-electron chi connectivity index (χ3n) is 3.22. The molecule has 0 aliphatic carbocycles. The molecule has 1 atom stereocenters. The van der Waals surface area contributed by atoms with Crippen LogP contribution in [0.1, 0.15) is 6.92 Å². The number of fused-ring (bicyclic) bond motifs is 1. The summed E-state index contributed by atoms with van der Waals surface area (Å²) in [5.74, 6) is -1.91. The summed E-state index contributed by atoms with van der Waals surface area (Å²) < 4.78 is 0. The first kappa shape index (κ1) is 16.0. The van der Waals surface area contributed by atoms with E-state index in [1.54, 1.807) is 6.07 Å². The van der Waals surface area contributed by atoms with Gasteiger partial charge >= 0.3 is 5.97 Å². The number of nitrogens with zero attached hydrogens (tertiary/aromatic N) is 1. The molecule has 0 aromatic heterocycles. The number of rotatable bonds is 5. The number of carboxylic acid groups (broad SMARTS) is 1. The fourth-order valence-electron chi connectivity index (χ4n) is 1.92. The maximum absolute atomic E-state index is 11.8. The molecule has 0 fully saturated rings. The van der Waals surface area contributed by atoms with Gasteiger partial charge in [0.15, 0.2) is 0 Å². The first-order chi connectivity index (χ1) is 11.0. The summed E-state index contributed by atoms with van der Waals surface area (Å²) >= 11 is 0. The molecule has 0 bridgehead atoms. The number of nitriles is 1. The highest BCUT2D eigenvalue weighted by Crippen LogP contribution is 2.18. The Morgan fingerprint density at radius 2 is 1.91 bits per heavy atom. The number of anilines is 1. The number of aliphatic carboxylic acids is 1. The minimum absolute atomic E-state index is 0.203. The summed E-state index contributed by atoms with van der Waals surface area (Å²) in [5, 5.41) is 25.0. The van der Waals surface area contributed by atoms with Crippen molar-refractivity contribution in [3.63, 3.8) is 0 Å². The second kappa shape index (κ2) is 7.09. The number of hydrogen-bond donors (Lipinski definition) is 3. The highest BCUT2D eigenvalue weighted by molar-refractivity contribution is 5.99. The van der Waals surface area contributed by atoms with Crippen LogP contribution in [0.15, 0.2) is 54.2 Å². The van der Waals surface area contributed by atoms with Crippen LogP contribution in [-0.4, -0.2) is 23.0 Å². The van der Waals surface area contributed by atoms with E-state index in [-0.39, 0.29) is 5.57 Å². The standard InChI is InChI=1S/C17H15N3O3/c1-11(17(22)23)20-16(21)14(9-18)10-19-15-7-6-12-4-2-3-5-13(12)8-15/h2-8,10-11,19H,1H3,(H,20,21)(H,22,23)/b14-10-. The van der Waals surface area contributed by atoms with Crippen LogP contribution in [0.3, 0.4) is 0 Å². The number of carboxylic acids is 1. The largest absolute Gasteiger partial charge is 0.480 e. The zero-order chi connectivity index (χ0) is 16.8. The molecular formula is C17H15N3O3. The summed E-state index contributed by atoms with van der Waals surface area (Å²) in [6.07, 6.45) is 1.26. The molecule has 3 N–H and O–H groups in total. The lowest BCUT2D eigenvalue weighted by atomic mass is 10.1. The maximum Gasteiger partial charge on any atom is 0.325 e. The van der Waals surface area contributed by atoms with E-state index in [1.807, 2.05) is 42.5 Å². The van der Waals surface area contributed by atoms with Gasteiger partial charge in [0.05, 0.1) is 0 Å². The van der Waals surface area contributed by atoms with E-state index >= 15 is 0 Å². The molecule has 0 aliphatic rings. The van der Waals surface area contributed by atoms with Crippen molar-refractivity contribution in [3.05, 3.63) is 54.2 Å². The second-order valence-electron chi connectivity index (χ2n) is 4.91. The van der Waals surface area contributed by atoms with E-state index in [4.69, 9.17) is 10.4 Å². The number of nitrogens with one attached hydrogen (secondary N) is 2. The lowest BCUT2D eigenvalue weighted by Gasteiger charge is -2.09. The van der Waals surface area contributed by atoms with Gasteiger partial charge in [-0.25, -0.2) is 0 Å². The lowest BCUT2D eigenvalue weighted by Crippen LogP contribution is -2.39. The molecule has 2 aromatic rings. The van der Waals surface area contributed by atoms with Gasteiger partial charge in [0.1, 0.15) is 17.7 Å². The van der Waals surface area contributed by atoms with Gasteiger partial charge in [0, 0.05) is 11.9 Å². The van der Waals surface area contributed by atoms with Crippen LogP contribution in [0.2, 0.25) is 0 Å². The Morgan fingerprint density at radius 3 is 2.57 bits per heavy atom. The molecule has 116 valence electrons. The van der Waals surface area contributed by atoms with Gasteiger partial charge in [-0.2, -0.15) is 5.26 Å². The van der Waals surface area contributed by atoms with Gasteiger partial charge in [-0.3, -0.25) is 9.59 Å². The summed E-state index contributed by atoms with van der Waals surface area (Å²) in [4.78, 5) is 22.5. The van der Waals surface area contributed by atoms with Gasteiger partial charge in [-0.05, 0) is 29.8 Å². The van der Waals surface area contributed by atoms with E-state index in [2.05, 4.69) is 10.6 Å². The first-order valence-electron chi connectivity index (χ1n) is 6.90. The van der Waals surface area contributed by atoms with Crippen molar-refractivity contribution in [1.82, 2.24) is 5.32 Å². The van der Waals surface area contributed by atoms with E-state index < -0.39 is 17.9 Å². The molecule has 0 heterocycles. The van der Waals surface area contributed by atoms with Gasteiger partial charge in [0.25, 0.3) is 5.91 Å². The average Bonchev–Trinajstić information content (AvgIpc) is 2.55. The summed E-state index contributed by atoms with van der Waals surface area (Å²) in [5.41, 5.74) is 0.516. The van der Waals surface area contributed by atoms with Crippen molar-refractivity contribution in [1.29, 1.82) is 5.26 Å². The Morgan fingerprint density at radius 1 is 1.22 bits per heavy atom. The quantitative estimate of drug-likeness (QED) is 0.580. The molecule has 0 radical (unpaired) electrons. The fraction of sp³-hybridized carbons (Fsp3) is 0.118. The van der Waals surface area contributed by atoms with Crippen molar-refractivity contribution >= 4 is 28.3 Å². The van der Waals surface area contributed by atoms with Gasteiger partial charge < -0.3 is 15.7 Å². The van der Waals surface area contributed by atoms with E-state index in [0.29, 0.717) is 0 Å². The minimum Gasteiger partial charge on any atom is -0.480 e. The van der Waals surface area contributed by atoms with Crippen LogP contribution < -0.4 is 10.6 Å². The van der Waals surface area contributed by atoms with Crippen molar-refractivity contribution in [3.8, 4) is 6.07 Å². The third-order valence-corrected chi connectivity index (χ3v) is 3.22. The van der Waals surface area contributed by atoms with Crippen molar-refractivity contribution in [2.45, 2.75) is 13.0 Å². The van der Waals surface area contributed by atoms with Crippen LogP contribution >= 0.6 is 0 Å². The first-order valence-corrected chi connectivity index (χ1v) is 6.90. The SMILES string of the molecule is CC(NC(=O)/C(C#N)=C\Nc1ccc2ccccc2c1)C(=O)O. The molecule has 0 saturated heterocycles. The van der Waals surface area contributed by atoms with Crippen molar-refractivity contribution < 1.29 is 14.7 Å². The highest BCUT2D eigenvalue weighted by atomic mass is 16.4. The van der Waals surface area contributed by atoms with Gasteiger partial charge in [0.2, 0.25) is 0 Å². The molecular weight excluding hydrogens is 294 g/mol.